The maximum absolute atomic E-state index is 12.7. The van der Waals surface area contributed by atoms with E-state index in [2.05, 4.69) is 26.8 Å². The molecular weight excluding hydrogens is 282 g/mol. The lowest BCUT2D eigenvalue weighted by Crippen LogP contribution is -2.53. The number of piperazine rings is 1. The molecule has 0 radical (unpaired) electrons. The Kier molecular flexibility index (Phi) is 4.01. The highest BCUT2D eigenvalue weighted by Crippen LogP contribution is 2.20. The van der Waals surface area contributed by atoms with E-state index in [9.17, 15) is 9.59 Å². The zero-order valence-corrected chi connectivity index (χ0v) is 13.4. The highest BCUT2D eigenvalue weighted by molar-refractivity contribution is 5.82. The van der Waals surface area contributed by atoms with Crippen LogP contribution in [0.4, 0.5) is 0 Å². The molecule has 0 spiro atoms. The Balaban J connectivity index is 1.69. The molecule has 7 nitrogen and oxygen atoms in total. The number of aryl methyl sites for hydroxylation is 1. The van der Waals surface area contributed by atoms with Gasteiger partial charge < -0.3 is 14.8 Å². The van der Waals surface area contributed by atoms with Crippen LogP contribution in [0.25, 0.3) is 0 Å². The molecular formula is C15H23N5O2. The fourth-order valence-electron chi connectivity index (χ4n) is 3.18. The number of amides is 1. The molecule has 1 unspecified atom stereocenters. The molecule has 2 aliphatic heterocycles. The lowest BCUT2D eigenvalue weighted by molar-refractivity contribution is -0.137. The molecule has 1 amide bonds. The van der Waals surface area contributed by atoms with Gasteiger partial charge in [0.15, 0.2) is 0 Å². The van der Waals surface area contributed by atoms with Crippen LogP contribution in [0, 0.1) is 6.92 Å². The summed E-state index contributed by atoms with van der Waals surface area (Å²) >= 11 is 0. The number of aromatic nitrogens is 2. The van der Waals surface area contributed by atoms with Crippen LogP contribution >= 0.6 is 0 Å². The Morgan fingerprint density at radius 1 is 1.23 bits per heavy atom. The predicted molar refractivity (Wildman–Crippen MR) is 82.4 cm³/mol. The Morgan fingerprint density at radius 2 is 1.91 bits per heavy atom. The topological polar surface area (TPSA) is 72.5 Å². The molecule has 3 heterocycles. The van der Waals surface area contributed by atoms with Crippen molar-refractivity contribution in [3.8, 4) is 0 Å². The fourth-order valence-corrected chi connectivity index (χ4v) is 3.18. The van der Waals surface area contributed by atoms with Crippen molar-refractivity contribution in [1.29, 1.82) is 0 Å². The maximum Gasteiger partial charge on any atom is 0.256 e. The van der Waals surface area contributed by atoms with Gasteiger partial charge in [-0.2, -0.15) is 0 Å². The summed E-state index contributed by atoms with van der Waals surface area (Å²) in [6.45, 7) is 8.31. The van der Waals surface area contributed by atoms with Crippen LogP contribution in [-0.2, 0) is 17.9 Å². The first-order chi connectivity index (χ1) is 10.5. The van der Waals surface area contributed by atoms with Crippen molar-refractivity contribution in [1.82, 2.24) is 24.7 Å². The number of hydrogen-bond acceptors (Lipinski definition) is 5. The summed E-state index contributed by atoms with van der Waals surface area (Å²) in [5.41, 5.74) is 1.25. The number of carbonyl (C=O) groups excluding carboxylic acids is 1. The first-order valence-electron chi connectivity index (χ1n) is 7.75. The number of likely N-dealkylation sites (N-methyl/N-ethyl adjacent to an activating group) is 1. The lowest BCUT2D eigenvalue weighted by Gasteiger charge is -2.36. The second kappa shape index (κ2) is 5.81. The van der Waals surface area contributed by atoms with Gasteiger partial charge in [0.1, 0.15) is 5.82 Å². The summed E-state index contributed by atoms with van der Waals surface area (Å²) in [7, 11) is 2.10. The van der Waals surface area contributed by atoms with Crippen molar-refractivity contribution in [2.75, 3.05) is 33.2 Å². The molecule has 0 bridgehead atoms. The van der Waals surface area contributed by atoms with Crippen molar-refractivity contribution in [2.24, 2.45) is 0 Å². The minimum atomic E-state index is -0.150. The molecule has 7 heteroatoms. The number of fused-ring (bicyclic) bond motifs is 1. The summed E-state index contributed by atoms with van der Waals surface area (Å²) in [6.07, 6.45) is 0. The third-order valence-corrected chi connectivity index (χ3v) is 4.66. The van der Waals surface area contributed by atoms with Gasteiger partial charge in [0.25, 0.3) is 5.56 Å². The Labute approximate surface area is 129 Å². The lowest BCUT2D eigenvalue weighted by atomic mass is 10.2. The van der Waals surface area contributed by atoms with Crippen molar-refractivity contribution >= 4 is 5.91 Å². The van der Waals surface area contributed by atoms with Gasteiger partial charge in [0.2, 0.25) is 5.91 Å². The average molecular weight is 305 g/mol. The predicted octanol–water partition coefficient (Wildman–Crippen LogP) is -0.444. The fraction of sp³-hybridized carbons (Fsp3) is 0.667. The minimum absolute atomic E-state index is 0.0830. The smallest absolute Gasteiger partial charge is 0.256 e. The second-order valence-corrected chi connectivity index (χ2v) is 6.29. The molecule has 1 N–H and O–H groups in total. The number of hydrogen-bond donors (Lipinski definition) is 1. The first-order valence-corrected chi connectivity index (χ1v) is 7.75. The average Bonchev–Trinajstić information content (AvgIpc) is 2.90. The van der Waals surface area contributed by atoms with Gasteiger partial charge >= 0.3 is 0 Å². The number of nitrogens with zero attached hydrogens (tertiary/aromatic N) is 4. The highest BCUT2D eigenvalue weighted by atomic mass is 16.2. The standard InChI is InChI=1S/C15H23N5O2/c1-10(19-6-4-18(3)5-7-19)15(22)20-8-12-13(9-20)16-11(2)17-14(12)21/h10H,4-9H2,1-3H3,(H,16,17,21). The van der Waals surface area contributed by atoms with Crippen LogP contribution in [-0.4, -0.2) is 69.8 Å². The molecule has 22 heavy (non-hydrogen) atoms. The molecule has 0 saturated carbocycles. The van der Waals surface area contributed by atoms with Crippen LogP contribution in [0.1, 0.15) is 24.0 Å². The summed E-state index contributed by atoms with van der Waals surface area (Å²) in [5, 5.41) is 0. The van der Waals surface area contributed by atoms with E-state index in [4.69, 9.17) is 0 Å². The molecule has 1 fully saturated rings. The van der Waals surface area contributed by atoms with E-state index >= 15 is 0 Å². The molecule has 1 aromatic heterocycles. The van der Waals surface area contributed by atoms with Crippen LogP contribution in [0.3, 0.4) is 0 Å². The van der Waals surface area contributed by atoms with E-state index in [0.29, 0.717) is 24.5 Å². The molecule has 1 saturated heterocycles. The van der Waals surface area contributed by atoms with Crippen molar-refractivity contribution in [3.63, 3.8) is 0 Å². The van der Waals surface area contributed by atoms with E-state index in [-0.39, 0.29) is 17.5 Å². The van der Waals surface area contributed by atoms with E-state index in [1.807, 2.05) is 6.92 Å². The zero-order valence-electron chi connectivity index (χ0n) is 13.4. The first kappa shape index (κ1) is 15.2. The molecule has 0 aliphatic carbocycles. The number of nitrogens with one attached hydrogen (secondary N) is 1. The normalized spacial score (nSPS) is 21.0. The van der Waals surface area contributed by atoms with Gasteiger partial charge in [-0.3, -0.25) is 14.5 Å². The van der Waals surface area contributed by atoms with Crippen LogP contribution in [0.15, 0.2) is 4.79 Å². The number of H-pyrrole nitrogens is 1. The molecule has 120 valence electrons. The summed E-state index contributed by atoms with van der Waals surface area (Å²) < 4.78 is 0. The number of carbonyl (C=O) groups is 1. The molecule has 1 atom stereocenters. The van der Waals surface area contributed by atoms with Gasteiger partial charge in [0, 0.05) is 26.2 Å². The van der Waals surface area contributed by atoms with E-state index in [0.717, 1.165) is 31.9 Å². The SMILES string of the molecule is Cc1nc2c(c(=O)[nH]1)CN(C(=O)C(C)N1CCN(C)CC1)C2. The van der Waals surface area contributed by atoms with Crippen molar-refractivity contribution in [3.05, 3.63) is 27.4 Å². The van der Waals surface area contributed by atoms with E-state index < -0.39 is 0 Å². The van der Waals surface area contributed by atoms with Gasteiger partial charge in [0.05, 0.1) is 30.4 Å². The van der Waals surface area contributed by atoms with Gasteiger partial charge in [-0.05, 0) is 20.9 Å². The van der Waals surface area contributed by atoms with Crippen LogP contribution in [0.5, 0.6) is 0 Å². The quantitative estimate of drug-likeness (QED) is 0.802. The van der Waals surface area contributed by atoms with Gasteiger partial charge in [-0.1, -0.05) is 0 Å². The van der Waals surface area contributed by atoms with E-state index in [1.54, 1.807) is 11.8 Å². The van der Waals surface area contributed by atoms with E-state index in [1.165, 1.54) is 0 Å². The maximum atomic E-state index is 12.7. The monoisotopic (exact) mass is 305 g/mol. The zero-order chi connectivity index (χ0) is 15.9. The molecule has 0 aromatic carbocycles. The summed E-state index contributed by atoms with van der Waals surface area (Å²) in [4.78, 5) is 38.0. The Hall–Kier alpha value is -1.73. The van der Waals surface area contributed by atoms with Crippen molar-refractivity contribution < 1.29 is 4.79 Å². The minimum Gasteiger partial charge on any atom is -0.331 e. The highest BCUT2D eigenvalue weighted by Gasteiger charge is 2.32. The third kappa shape index (κ3) is 2.78. The second-order valence-electron chi connectivity index (χ2n) is 6.29. The Bertz CT molecular complexity index is 633. The Morgan fingerprint density at radius 3 is 2.59 bits per heavy atom. The third-order valence-electron chi connectivity index (χ3n) is 4.66. The number of aromatic amines is 1. The largest absolute Gasteiger partial charge is 0.331 e. The van der Waals surface area contributed by atoms with Crippen LogP contribution < -0.4 is 5.56 Å². The summed E-state index contributed by atoms with van der Waals surface area (Å²) in [6, 6.07) is -0.150. The van der Waals surface area contributed by atoms with Crippen molar-refractivity contribution in [2.45, 2.75) is 33.0 Å². The molecule has 1 aromatic rings. The molecule has 3 rings (SSSR count). The van der Waals surface area contributed by atoms with Gasteiger partial charge in [-0.15, -0.1) is 0 Å². The number of rotatable bonds is 2. The van der Waals surface area contributed by atoms with Crippen LogP contribution in [0.2, 0.25) is 0 Å². The van der Waals surface area contributed by atoms with Gasteiger partial charge in [-0.25, -0.2) is 4.98 Å². The molecule has 2 aliphatic rings. The summed E-state index contributed by atoms with van der Waals surface area (Å²) in [5.74, 6) is 0.685.